The van der Waals surface area contributed by atoms with Gasteiger partial charge in [0.1, 0.15) is 5.75 Å². The molecular weight excluding hydrogens is 410 g/mol. The third-order valence-electron chi connectivity index (χ3n) is 6.02. The molecule has 0 saturated heterocycles. The van der Waals surface area contributed by atoms with E-state index < -0.39 is 0 Å². The Morgan fingerprint density at radius 2 is 2.06 bits per heavy atom. The highest BCUT2D eigenvalue weighted by Crippen LogP contribution is 2.19. The first-order chi connectivity index (χ1) is 15.4. The van der Waals surface area contributed by atoms with E-state index >= 15 is 0 Å². The summed E-state index contributed by atoms with van der Waals surface area (Å²) in [5.41, 5.74) is 2.00. The molecule has 1 aromatic heterocycles. The van der Waals surface area contributed by atoms with Crippen molar-refractivity contribution < 1.29 is 19.7 Å². The first kappa shape index (κ1) is 24.2. The number of ether oxygens (including phenoxy) is 1. The molecule has 0 aliphatic carbocycles. The standard InChI is InChI=1S/C23H35N5O4/c1-17-12-27(18(2)15-29)23(31)5-4-10-28-20(11-24-25-28)16-32-22(17)14-26(3)13-19-6-8-21(30)9-7-19/h6-9,11,17-18,22,29-30H,4-5,10,12-16H2,1-3H3/t17-,18-,22-/m0/s1. The van der Waals surface area contributed by atoms with E-state index in [4.69, 9.17) is 4.74 Å². The molecule has 176 valence electrons. The highest BCUT2D eigenvalue weighted by Gasteiger charge is 2.28. The fourth-order valence-corrected chi connectivity index (χ4v) is 4.03. The number of aliphatic hydroxyl groups is 1. The van der Waals surface area contributed by atoms with Gasteiger partial charge in [0.15, 0.2) is 0 Å². The third kappa shape index (κ3) is 6.51. The Morgan fingerprint density at radius 1 is 1.31 bits per heavy atom. The van der Waals surface area contributed by atoms with Crippen molar-refractivity contribution in [1.82, 2.24) is 24.8 Å². The third-order valence-corrected chi connectivity index (χ3v) is 6.02. The van der Waals surface area contributed by atoms with E-state index in [1.807, 2.05) is 26.1 Å². The highest BCUT2D eigenvalue weighted by atomic mass is 16.5. The highest BCUT2D eigenvalue weighted by molar-refractivity contribution is 5.76. The lowest BCUT2D eigenvalue weighted by atomic mass is 10.0. The lowest BCUT2D eigenvalue weighted by Gasteiger charge is -2.35. The van der Waals surface area contributed by atoms with E-state index in [0.717, 1.165) is 11.3 Å². The van der Waals surface area contributed by atoms with Crippen molar-refractivity contribution in [2.24, 2.45) is 5.92 Å². The number of fused-ring (bicyclic) bond motifs is 1. The van der Waals surface area contributed by atoms with Crippen molar-refractivity contribution in [3.8, 4) is 5.75 Å². The Hall–Kier alpha value is -2.49. The number of carbonyl (C=O) groups excluding carboxylic acids is 1. The van der Waals surface area contributed by atoms with Gasteiger partial charge in [-0.2, -0.15) is 0 Å². The van der Waals surface area contributed by atoms with Gasteiger partial charge in [0.25, 0.3) is 0 Å². The van der Waals surface area contributed by atoms with Crippen LogP contribution in [0.25, 0.3) is 0 Å². The summed E-state index contributed by atoms with van der Waals surface area (Å²) in [6.07, 6.45) is 2.65. The molecule has 0 fully saturated rings. The number of aromatic nitrogens is 3. The number of phenols is 1. The van der Waals surface area contributed by atoms with Crippen LogP contribution in [0.5, 0.6) is 5.75 Å². The van der Waals surface area contributed by atoms with Gasteiger partial charge >= 0.3 is 0 Å². The Bertz CT molecular complexity index is 856. The molecule has 3 atom stereocenters. The van der Waals surface area contributed by atoms with Crippen LogP contribution in [0.4, 0.5) is 0 Å². The molecule has 1 aromatic carbocycles. The number of aromatic hydroxyl groups is 1. The smallest absolute Gasteiger partial charge is 0.222 e. The van der Waals surface area contributed by atoms with Crippen molar-refractivity contribution in [3.05, 3.63) is 41.7 Å². The van der Waals surface area contributed by atoms with Gasteiger partial charge in [-0.1, -0.05) is 24.3 Å². The summed E-state index contributed by atoms with van der Waals surface area (Å²) in [6.45, 7) is 6.80. The van der Waals surface area contributed by atoms with Gasteiger partial charge in [0, 0.05) is 38.5 Å². The van der Waals surface area contributed by atoms with Gasteiger partial charge in [-0.05, 0) is 38.1 Å². The van der Waals surface area contributed by atoms with Gasteiger partial charge in [-0.15, -0.1) is 5.10 Å². The van der Waals surface area contributed by atoms with E-state index in [9.17, 15) is 15.0 Å². The molecule has 1 aliphatic rings. The molecule has 0 unspecified atom stereocenters. The molecule has 0 bridgehead atoms. The largest absolute Gasteiger partial charge is 0.508 e. The molecule has 1 aliphatic heterocycles. The van der Waals surface area contributed by atoms with Crippen LogP contribution in [-0.4, -0.2) is 79.8 Å². The molecule has 1 amide bonds. The predicted molar refractivity (Wildman–Crippen MR) is 120 cm³/mol. The van der Waals surface area contributed by atoms with Gasteiger partial charge < -0.3 is 19.8 Å². The van der Waals surface area contributed by atoms with Crippen LogP contribution in [0.1, 0.15) is 37.9 Å². The lowest BCUT2D eigenvalue weighted by molar-refractivity contribution is -0.136. The van der Waals surface area contributed by atoms with Crippen LogP contribution in [0, 0.1) is 5.92 Å². The maximum atomic E-state index is 12.9. The second kappa shape index (κ2) is 11.4. The van der Waals surface area contributed by atoms with E-state index in [1.54, 1.807) is 27.9 Å². The van der Waals surface area contributed by atoms with E-state index in [2.05, 4.69) is 22.1 Å². The number of benzene rings is 1. The quantitative estimate of drug-likeness (QED) is 0.697. The van der Waals surface area contributed by atoms with Gasteiger partial charge in [0.05, 0.1) is 37.3 Å². The number of hydrogen-bond donors (Lipinski definition) is 2. The van der Waals surface area contributed by atoms with Crippen LogP contribution < -0.4 is 0 Å². The fraction of sp³-hybridized carbons (Fsp3) is 0.609. The Balaban J connectivity index is 1.76. The minimum absolute atomic E-state index is 0.0387. The monoisotopic (exact) mass is 445 g/mol. The number of aliphatic hydroxyl groups excluding tert-OH is 1. The predicted octanol–water partition coefficient (Wildman–Crippen LogP) is 1.64. The molecule has 2 N–H and O–H groups in total. The number of amides is 1. The van der Waals surface area contributed by atoms with Crippen molar-refractivity contribution in [2.45, 2.75) is 58.5 Å². The van der Waals surface area contributed by atoms with E-state index in [0.29, 0.717) is 45.6 Å². The zero-order valence-electron chi connectivity index (χ0n) is 19.2. The second-order valence-corrected chi connectivity index (χ2v) is 8.82. The summed E-state index contributed by atoms with van der Waals surface area (Å²) in [4.78, 5) is 16.9. The van der Waals surface area contributed by atoms with Crippen LogP contribution in [-0.2, 0) is 29.2 Å². The molecule has 3 rings (SSSR count). The van der Waals surface area contributed by atoms with Crippen molar-refractivity contribution >= 4 is 5.91 Å². The number of aryl methyl sites for hydroxylation is 1. The number of nitrogens with zero attached hydrogens (tertiary/aromatic N) is 5. The molecule has 0 spiro atoms. The molecule has 32 heavy (non-hydrogen) atoms. The maximum Gasteiger partial charge on any atom is 0.222 e. The Kier molecular flexibility index (Phi) is 8.60. The first-order valence-electron chi connectivity index (χ1n) is 11.2. The summed E-state index contributed by atoms with van der Waals surface area (Å²) in [6, 6.07) is 6.94. The second-order valence-electron chi connectivity index (χ2n) is 8.82. The zero-order chi connectivity index (χ0) is 23.1. The fourth-order valence-electron chi connectivity index (χ4n) is 4.03. The zero-order valence-corrected chi connectivity index (χ0v) is 19.2. The summed E-state index contributed by atoms with van der Waals surface area (Å²) >= 11 is 0. The molecule has 2 aromatic rings. The molecular formula is C23H35N5O4. The SMILES string of the molecule is C[C@H]1CN([C@@H](C)CO)C(=O)CCCn2nncc2CO[C@H]1CN(C)Cc1ccc(O)cc1. The van der Waals surface area contributed by atoms with Crippen LogP contribution in [0.2, 0.25) is 0 Å². The molecule has 9 heteroatoms. The number of carbonyl (C=O) groups is 1. The summed E-state index contributed by atoms with van der Waals surface area (Å²) < 4.78 is 8.16. The van der Waals surface area contributed by atoms with E-state index in [-0.39, 0.29) is 36.3 Å². The summed E-state index contributed by atoms with van der Waals surface area (Å²) in [7, 11) is 2.03. The normalized spacial score (nSPS) is 21.7. The number of likely N-dealkylation sites (N-methyl/N-ethyl adjacent to an activating group) is 1. The molecule has 0 radical (unpaired) electrons. The first-order valence-corrected chi connectivity index (χ1v) is 11.2. The van der Waals surface area contributed by atoms with Gasteiger partial charge in [0.2, 0.25) is 5.91 Å². The minimum Gasteiger partial charge on any atom is -0.508 e. The molecule has 0 saturated carbocycles. The van der Waals surface area contributed by atoms with Crippen LogP contribution >= 0.6 is 0 Å². The maximum absolute atomic E-state index is 12.9. The van der Waals surface area contributed by atoms with E-state index in [1.165, 1.54) is 0 Å². The Labute approximate surface area is 189 Å². The van der Waals surface area contributed by atoms with Gasteiger partial charge in [-0.25, -0.2) is 4.68 Å². The number of rotatable bonds is 6. The van der Waals surface area contributed by atoms with Crippen molar-refractivity contribution in [2.75, 3.05) is 26.7 Å². The average molecular weight is 446 g/mol. The van der Waals surface area contributed by atoms with Crippen molar-refractivity contribution in [3.63, 3.8) is 0 Å². The minimum atomic E-state index is -0.245. The Morgan fingerprint density at radius 3 is 2.78 bits per heavy atom. The number of phenolic OH excluding ortho intramolecular Hbond substituents is 1. The molecule has 9 nitrogen and oxygen atoms in total. The van der Waals surface area contributed by atoms with Crippen molar-refractivity contribution in [1.29, 1.82) is 0 Å². The average Bonchev–Trinajstić information content (AvgIpc) is 3.22. The lowest BCUT2D eigenvalue weighted by Crippen LogP contribution is -2.47. The summed E-state index contributed by atoms with van der Waals surface area (Å²) in [5, 5.41) is 27.4. The number of hydrogen-bond acceptors (Lipinski definition) is 7. The molecule has 2 heterocycles. The summed E-state index contributed by atoms with van der Waals surface area (Å²) in [5.74, 6) is 0.344. The van der Waals surface area contributed by atoms with Crippen LogP contribution in [0.3, 0.4) is 0 Å². The van der Waals surface area contributed by atoms with Gasteiger partial charge in [-0.3, -0.25) is 9.69 Å². The topological polar surface area (TPSA) is 104 Å². The van der Waals surface area contributed by atoms with Crippen LogP contribution in [0.15, 0.2) is 30.5 Å².